The van der Waals surface area contributed by atoms with Gasteiger partial charge in [-0.15, -0.1) is 0 Å². The second kappa shape index (κ2) is 5.50. The van der Waals surface area contributed by atoms with Gasteiger partial charge in [-0.3, -0.25) is 14.8 Å². The Bertz CT molecular complexity index is 667. The van der Waals surface area contributed by atoms with Crippen LogP contribution in [0.15, 0.2) is 18.2 Å². The molecule has 0 radical (unpaired) electrons. The number of aromatic nitrogens is 2. The van der Waals surface area contributed by atoms with E-state index in [0.29, 0.717) is 22.1 Å². The van der Waals surface area contributed by atoms with E-state index < -0.39 is 4.92 Å². The maximum Gasteiger partial charge on any atom is 0.280 e. The summed E-state index contributed by atoms with van der Waals surface area (Å²) in [7, 11) is 1.72. The van der Waals surface area contributed by atoms with Gasteiger partial charge >= 0.3 is 0 Å². The first-order chi connectivity index (χ1) is 9.45. The Morgan fingerprint density at radius 2 is 2.20 bits per heavy atom. The van der Waals surface area contributed by atoms with Crippen LogP contribution in [0.3, 0.4) is 0 Å². The summed E-state index contributed by atoms with van der Waals surface area (Å²) in [6.07, 6.45) is 1.60. The second-order valence-electron chi connectivity index (χ2n) is 4.50. The summed E-state index contributed by atoms with van der Waals surface area (Å²) in [6, 6.07) is 4.56. The highest BCUT2D eigenvalue weighted by Crippen LogP contribution is 2.35. The number of nitrogens with two attached hydrogens (primary N) is 1. The molecule has 0 saturated heterocycles. The Hall–Kier alpha value is -2.08. The minimum absolute atomic E-state index is 0.0621. The van der Waals surface area contributed by atoms with Crippen LogP contribution in [0.4, 0.5) is 11.5 Å². The molecule has 0 bridgehead atoms. The summed E-state index contributed by atoms with van der Waals surface area (Å²) in [5, 5.41) is 15.8. The van der Waals surface area contributed by atoms with Crippen molar-refractivity contribution < 1.29 is 4.92 Å². The van der Waals surface area contributed by atoms with E-state index in [1.54, 1.807) is 23.9 Å². The third kappa shape index (κ3) is 2.46. The quantitative estimate of drug-likeness (QED) is 0.693. The number of halogens is 1. The lowest BCUT2D eigenvalue weighted by Gasteiger charge is -2.04. The third-order valence-corrected chi connectivity index (χ3v) is 3.34. The number of aryl methyl sites for hydroxylation is 1. The average molecular weight is 295 g/mol. The molecule has 2 N–H and O–H groups in total. The molecule has 1 heterocycles. The minimum Gasteiger partial charge on any atom is -0.384 e. The van der Waals surface area contributed by atoms with Crippen molar-refractivity contribution in [2.75, 3.05) is 5.73 Å². The summed E-state index contributed by atoms with van der Waals surface area (Å²) in [6.45, 7) is 2.02. The van der Waals surface area contributed by atoms with Crippen LogP contribution in [0.1, 0.15) is 18.9 Å². The van der Waals surface area contributed by atoms with Crippen LogP contribution in [-0.4, -0.2) is 14.7 Å². The highest BCUT2D eigenvalue weighted by atomic mass is 35.5. The fourth-order valence-electron chi connectivity index (χ4n) is 2.15. The standard InChI is InChI=1S/C13H15ClN4O2/c1-3-4-10-12(16-17(2)13(10)15)9-6-5-8(14)7-11(9)18(19)20/h5-7H,3-4,15H2,1-2H3. The van der Waals surface area contributed by atoms with E-state index in [9.17, 15) is 10.1 Å². The van der Waals surface area contributed by atoms with E-state index in [0.717, 1.165) is 18.4 Å². The van der Waals surface area contributed by atoms with E-state index in [4.69, 9.17) is 17.3 Å². The molecule has 6 nitrogen and oxygen atoms in total. The van der Waals surface area contributed by atoms with Gasteiger partial charge in [-0.2, -0.15) is 5.10 Å². The fourth-order valence-corrected chi connectivity index (χ4v) is 2.32. The molecule has 7 heteroatoms. The number of anilines is 1. The predicted molar refractivity (Wildman–Crippen MR) is 78.7 cm³/mol. The summed E-state index contributed by atoms with van der Waals surface area (Å²) < 4.78 is 1.54. The van der Waals surface area contributed by atoms with E-state index in [1.165, 1.54) is 6.07 Å². The molecule has 0 saturated carbocycles. The Balaban J connectivity index is 2.68. The van der Waals surface area contributed by atoms with Gasteiger partial charge in [-0.1, -0.05) is 24.9 Å². The van der Waals surface area contributed by atoms with Gasteiger partial charge in [0.25, 0.3) is 5.69 Å². The molecule has 106 valence electrons. The minimum atomic E-state index is -0.457. The van der Waals surface area contributed by atoms with Crippen molar-refractivity contribution in [1.29, 1.82) is 0 Å². The lowest BCUT2D eigenvalue weighted by molar-refractivity contribution is -0.384. The molecule has 0 aliphatic rings. The van der Waals surface area contributed by atoms with Gasteiger partial charge in [0.2, 0.25) is 0 Å². The van der Waals surface area contributed by atoms with E-state index >= 15 is 0 Å². The van der Waals surface area contributed by atoms with Crippen molar-refractivity contribution in [1.82, 2.24) is 9.78 Å². The molecule has 0 aliphatic heterocycles. The third-order valence-electron chi connectivity index (χ3n) is 3.11. The fraction of sp³-hybridized carbons (Fsp3) is 0.308. The molecule has 20 heavy (non-hydrogen) atoms. The first-order valence-corrected chi connectivity index (χ1v) is 6.59. The Kier molecular flexibility index (Phi) is 3.94. The monoisotopic (exact) mass is 294 g/mol. The zero-order valence-corrected chi connectivity index (χ0v) is 12.0. The van der Waals surface area contributed by atoms with Crippen LogP contribution in [0, 0.1) is 10.1 Å². The van der Waals surface area contributed by atoms with Gasteiger partial charge in [0.05, 0.1) is 10.5 Å². The lowest BCUT2D eigenvalue weighted by atomic mass is 10.0. The van der Waals surface area contributed by atoms with Crippen molar-refractivity contribution in [2.24, 2.45) is 7.05 Å². The number of benzene rings is 1. The molecule has 0 fully saturated rings. The maximum atomic E-state index is 11.2. The topological polar surface area (TPSA) is 87.0 Å². The van der Waals surface area contributed by atoms with Crippen molar-refractivity contribution >= 4 is 23.1 Å². The predicted octanol–water partition coefficient (Wildman–Crippen LogP) is 3.18. The summed E-state index contributed by atoms with van der Waals surface area (Å²) >= 11 is 5.83. The molecule has 0 atom stereocenters. The number of nitro groups is 1. The Labute approximate surface area is 121 Å². The Morgan fingerprint density at radius 1 is 1.50 bits per heavy atom. The molecule has 0 unspecified atom stereocenters. The van der Waals surface area contributed by atoms with E-state index in [1.807, 2.05) is 6.92 Å². The van der Waals surface area contributed by atoms with Crippen LogP contribution in [0.25, 0.3) is 11.3 Å². The van der Waals surface area contributed by atoms with Gasteiger partial charge in [0.1, 0.15) is 11.5 Å². The molecule has 0 spiro atoms. The summed E-state index contributed by atoms with van der Waals surface area (Å²) in [4.78, 5) is 10.7. The molecule has 1 aromatic carbocycles. The van der Waals surface area contributed by atoms with Crippen molar-refractivity contribution in [2.45, 2.75) is 19.8 Å². The van der Waals surface area contributed by atoms with Crippen molar-refractivity contribution in [3.05, 3.63) is 38.9 Å². The van der Waals surface area contributed by atoms with Crippen LogP contribution in [0.5, 0.6) is 0 Å². The molecule has 2 rings (SSSR count). The number of hydrogen-bond donors (Lipinski definition) is 1. The normalized spacial score (nSPS) is 10.8. The highest BCUT2D eigenvalue weighted by molar-refractivity contribution is 6.30. The Morgan fingerprint density at radius 3 is 2.80 bits per heavy atom. The smallest absolute Gasteiger partial charge is 0.280 e. The van der Waals surface area contributed by atoms with E-state index in [-0.39, 0.29) is 5.69 Å². The van der Waals surface area contributed by atoms with Crippen LogP contribution in [-0.2, 0) is 13.5 Å². The number of nitrogen functional groups attached to an aromatic ring is 1. The van der Waals surface area contributed by atoms with Crippen LogP contribution >= 0.6 is 11.6 Å². The van der Waals surface area contributed by atoms with E-state index in [2.05, 4.69) is 5.10 Å². The SMILES string of the molecule is CCCc1c(-c2ccc(Cl)cc2[N+](=O)[O-])nn(C)c1N. The lowest BCUT2D eigenvalue weighted by Crippen LogP contribution is -1.99. The number of rotatable bonds is 4. The largest absolute Gasteiger partial charge is 0.384 e. The molecule has 0 aliphatic carbocycles. The maximum absolute atomic E-state index is 11.2. The van der Waals surface area contributed by atoms with Crippen molar-refractivity contribution in [3.63, 3.8) is 0 Å². The molecular weight excluding hydrogens is 280 g/mol. The van der Waals surface area contributed by atoms with Gasteiger partial charge in [-0.25, -0.2) is 0 Å². The van der Waals surface area contributed by atoms with Gasteiger partial charge in [-0.05, 0) is 18.6 Å². The summed E-state index contributed by atoms with van der Waals surface area (Å²) in [5.41, 5.74) is 7.75. The van der Waals surface area contributed by atoms with Crippen LogP contribution < -0.4 is 5.73 Å². The molecule has 1 aromatic heterocycles. The van der Waals surface area contributed by atoms with Gasteiger partial charge in [0.15, 0.2) is 0 Å². The second-order valence-corrected chi connectivity index (χ2v) is 4.94. The number of nitrogens with zero attached hydrogens (tertiary/aromatic N) is 3. The number of hydrogen-bond acceptors (Lipinski definition) is 4. The molecule has 2 aromatic rings. The molecule has 0 amide bonds. The van der Waals surface area contributed by atoms with Gasteiger partial charge < -0.3 is 5.73 Å². The first-order valence-electron chi connectivity index (χ1n) is 6.21. The van der Waals surface area contributed by atoms with Gasteiger partial charge in [0, 0.05) is 23.7 Å². The molecular formula is C13H15ClN4O2. The van der Waals surface area contributed by atoms with Crippen molar-refractivity contribution in [3.8, 4) is 11.3 Å². The summed E-state index contributed by atoms with van der Waals surface area (Å²) in [5.74, 6) is 0.533. The average Bonchev–Trinajstić information content (AvgIpc) is 2.67. The first kappa shape index (κ1) is 14.3. The van der Waals surface area contributed by atoms with Crippen LogP contribution in [0.2, 0.25) is 5.02 Å². The highest BCUT2D eigenvalue weighted by Gasteiger charge is 2.23. The zero-order chi connectivity index (χ0) is 14.9. The number of nitro benzene ring substituents is 1. The zero-order valence-electron chi connectivity index (χ0n) is 11.3.